The van der Waals surface area contributed by atoms with Crippen LogP contribution in [0.15, 0.2) is 34.9 Å². The average Bonchev–Trinajstić information content (AvgIpc) is 2.97. The van der Waals surface area contributed by atoms with Gasteiger partial charge in [-0.15, -0.1) is 0 Å². The first kappa shape index (κ1) is 17.5. The third kappa shape index (κ3) is 4.02. The van der Waals surface area contributed by atoms with Gasteiger partial charge >= 0.3 is 0 Å². The van der Waals surface area contributed by atoms with Crippen molar-refractivity contribution in [2.45, 2.75) is 38.3 Å². The minimum atomic E-state index is -0.0891. The molecule has 0 bridgehead atoms. The molecule has 0 unspecified atom stereocenters. The summed E-state index contributed by atoms with van der Waals surface area (Å²) in [7, 11) is 3.23. The van der Waals surface area contributed by atoms with Gasteiger partial charge in [0.05, 0.1) is 13.2 Å². The Balaban J connectivity index is 1.84. The van der Waals surface area contributed by atoms with Crippen molar-refractivity contribution < 1.29 is 18.8 Å². The van der Waals surface area contributed by atoms with Crippen LogP contribution in [0.5, 0.6) is 5.75 Å². The molecule has 1 aliphatic heterocycles. The lowest BCUT2D eigenvalue weighted by molar-refractivity contribution is 0.0669. The quantitative estimate of drug-likeness (QED) is 0.829. The summed E-state index contributed by atoms with van der Waals surface area (Å²) in [5, 5.41) is 3.93. The van der Waals surface area contributed by atoms with Gasteiger partial charge in [-0.1, -0.05) is 30.1 Å². The third-order valence-electron chi connectivity index (χ3n) is 4.58. The largest absolute Gasteiger partial charge is 0.497 e. The summed E-state index contributed by atoms with van der Waals surface area (Å²) in [6.07, 6.45) is 4.18. The van der Waals surface area contributed by atoms with E-state index in [1.807, 2.05) is 29.2 Å². The van der Waals surface area contributed by atoms with Crippen LogP contribution in [-0.4, -0.2) is 36.7 Å². The molecule has 1 fully saturated rings. The molecule has 3 rings (SSSR count). The van der Waals surface area contributed by atoms with E-state index in [0.29, 0.717) is 18.1 Å². The van der Waals surface area contributed by atoms with Crippen molar-refractivity contribution in [3.63, 3.8) is 0 Å². The maximum atomic E-state index is 13.0. The lowest BCUT2D eigenvalue weighted by Crippen LogP contribution is -2.35. The van der Waals surface area contributed by atoms with Gasteiger partial charge in [-0.3, -0.25) is 4.79 Å². The Bertz CT molecular complexity index is 696. The molecule has 0 spiro atoms. The lowest BCUT2D eigenvalue weighted by atomic mass is 10.0. The lowest BCUT2D eigenvalue weighted by Gasteiger charge is -2.30. The first-order chi connectivity index (χ1) is 12.2. The maximum absolute atomic E-state index is 13.0. The molecule has 134 valence electrons. The molecule has 6 heteroatoms. The Morgan fingerprint density at radius 1 is 1.24 bits per heavy atom. The number of nitrogens with zero attached hydrogens (tertiary/aromatic N) is 2. The first-order valence-electron chi connectivity index (χ1n) is 8.62. The standard InChI is InChI=1S/C19H24N2O4/c1-23-13-16-12-17(20-25-16)19(22)21-11-5-3-4-6-18(21)14-7-9-15(24-2)10-8-14/h7-10,12,18H,3-6,11,13H2,1-2H3/t18-/m0/s1. The van der Waals surface area contributed by atoms with Crippen molar-refractivity contribution in [1.82, 2.24) is 10.1 Å². The van der Waals surface area contributed by atoms with E-state index < -0.39 is 0 Å². The van der Waals surface area contributed by atoms with E-state index in [4.69, 9.17) is 14.0 Å². The summed E-state index contributed by atoms with van der Waals surface area (Å²) in [5.41, 5.74) is 1.46. The summed E-state index contributed by atoms with van der Waals surface area (Å²) in [6.45, 7) is 1.03. The first-order valence-corrected chi connectivity index (χ1v) is 8.62. The number of ether oxygens (including phenoxy) is 2. The number of methoxy groups -OCH3 is 2. The molecule has 6 nitrogen and oxygen atoms in total. The molecule has 1 saturated heterocycles. The number of likely N-dealkylation sites (tertiary alicyclic amines) is 1. The SMILES string of the molecule is COCc1cc(C(=O)N2CCCCC[C@H]2c2ccc(OC)cc2)no1. The number of carbonyl (C=O) groups is 1. The van der Waals surface area contributed by atoms with Crippen LogP contribution in [0.1, 0.15) is 53.5 Å². The zero-order chi connectivity index (χ0) is 17.6. The summed E-state index contributed by atoms with van der Waals surface area (Å²) in [4.78, 5) is 14.9. The number of hydrogen-bond acceptors (Lipinski definition) is 5. The second-order valence-corrected chi connectivity index (χ2v) is 6.25. The van der Waals surface area contributed by atoms with Crippen molar-refractivity contribution in [3.8, 4) is 5.75 Å². The fraction of sp³-hybridized carbons (Fsp3) is 0.474. The van der Waals surface area contributed by atoms with E-state index in [-0.39, 0.29) is 11.9 Å². The topological polar surface area (TPSA) is 64.8 Å². The Labute approximate surface area is 147 Å². The molecule has 1 aromatic carbocycles. The molecule has 0 radical (unpaired) electrons. The van der Waals surface area contributed by atoms with Crippen LogP contribution in [0.3, 0.4) is 0 Å². The molecule has 0 saturated carbocycles. The molecule has 2 heterocycles. The van der Waals surface area contributed by atoms with E-state index in [1.165, 1.54) is 0 Å². The summed E-state index contributed by atoms with van der Waals surface area (Å²) in [6, 6.07) is 9.67. The smallest absolute Gasteiger partial charge is 0.276 e. The van der Waals surface area contributed by atoms with Crippen LogP contribution >= 0.6 is 0 Å². The van der Waals surface area contributed by atoms with Crippen molar-refractivity contribution >= 4 is 5.91 Å². The van der Waals surface area contributed by atoms with Crippen LogP contribution in [0.25, 0.3) is 0 Å². The van der Waals surface area contributed by atoms with E-state index in [2.05, 4.69) is 5.16 Å². The highest BCUT2D eigenvalue weighted by Gasteiger charge is 2.29. The van der Waals surface area contributed by atoms with E-state index in [9.17, 15) is 4.79 Å². The molecule has 1 amide bonds. The van der Waals surface area contributed by atoms with Gasteiger partial charge in [-0.2, -0.15) is 0 Å². The predicted octanol–water partition coefficient (Wildman–Crippen LogP) is 3.59. The number of aromatic nitrogens is 1. The van der Waals surface area contributed by atoms with Crippen LogP contribution in [0.4, 0.5) is 0 Å². The normalized spacial score (nSPS) is 18.0. The zero-order valence-electron chi connectivity index (χ0n) is 14.7. The van der Waals surface area contributed by atoms with Gasteiger partial charge in [-0.05, 0) is 30.5 Å². The number of amides is 1. The Morgan fingerprint density at radius 2 is 2.04 bits per heavy atom. The molecule has 0 aliphatic carbocycles. The minimum Gasteiger partial charge on any atom is -0.497 e. The molecule has 1 aromatic heterocycles. The Morgan fingerprint density at radius 3 is 2.76 bits per heavy atom. The van der Waals surface area contributed by atoms with Gasteiger partial charge < -0.3 is 18.9 Å². The second kappa shape index (κ2) is 8.16. The van der Waals surface area contributed by atoms with Crippen molar-refractivity contribution in [2.75, 3.05) is 20.8 Å². The van der Waals surface area contributed by atoms with Gasteiger partial charge in [0.2, 0.25) is 0 Å². The van der Waals surface area contributed by atoms with Crippen LogP contribution in [0, 0.1) is 0 Å². The zero-order valence-corrected chi connectivity index (χ0v) is 14.7. The number of hydrogen-bond donors (Lipinski definition) is 0. The molecule has 1 atom stereocenters. The molecule has 0 N–H and O–H groups in total. The van der Waals surface area contributed by atoms with Gasteiger partial charge in [0.1, 0.15) is 12.4 Å². The molecular formula is C19H24N2O4. The fourth-order valence-electron chi connectivity index (χ4n) is 3.30. The highest BCUT2D eigenvalue weighted by molar-refractivity contribution is 5.92. The molecule has 25 heavy (non-hydrogen) atoms. The van der Waals surface area contributed by atoms with Gasteiger partial charge in [0.25, 0.3) is 5.91 Å². The Kier molecular flexibility index (Phi) is 5.71. The number of rotatable bonds is 5. The minimum absolute atomic E-state index is 0.0449. The Hall–Kier alpha value is -2.34. The van der Waals surface area contributed by atoms with Crippen molar-refractivity contribution in [3.05, 3.63) is 47.3 Å². The van der Waals surface area contributed by atoms with E-state index in [1.54, 1.807) is 20.3 Å². The van der Waals surface area contributed by atoms with E-state index >= 15 is 0 Å². The second-order valence-electron chi connectivity index (χ2n) is 6.25. The van der Waals surface area contributed by atoms with Crippen LogP contribution in [0.2, 0.25) is 0 Å². The van der Waals surface area contributed by atoms with Crippen molar-refractivity contribution in [1.29, 1.82) is 0 Å². The highest BCUT2D eigenvalue weighted by atomic mass is 16.5. The summed E-state index contributed by atoms with van der Waals surface area (Å²) < 4.78 is 15.4. The van der Waals surface area contributed by atoms with Crippen LogP contribution in [-0.2, 0) is 11.3 Å². The van der Waals surface area contributed by atoms with E-state index in [0.717, 1.165) is 43.5 Å². The average molecular weight is 344 g/mol. The van der Waals surface area contributed by atoms with Gasteiger partial charge in [0.15, 0.2) is 11.5 Å². The van der Waals surface area contributed by atoms with Gasteiger partial charge in [0, 0.05) is 19.7 Å². The van der Waals surface area contributed by atoms with Gasteiger partial charge in [-0.25, -0.2) is 0 Å². The number of carbonyl (C=O) groups excluding carboxylic acids is 1. The van der Waals surface area contributed by atoms with Crippen molar-refractivity contribution in [2.24, 2.45) is 0 Å². The monoisotopic (exact) mass is 344 g/mol. The third-order valence-corrected chi connectivity index (χ3v) is 4.58. The summed E-state index contributed by atoms with van der Waals surface area (Å²) in [5.74, 6) is 1.28. The maximum Gasteiger partial charge on any atom is 0.276 e. The molecule has 1 aliphatic rings. The summed E-state index contributed by atoms with van der Waals surface area (Å²) >= 11 is 0. The van der Waals surface area contributed by atoms with Crippen LogP contribution < -0.4 is 4.74 Å². The molecule has 2 aromatic rings. The predicted molar refractivity (Wildman–Crippen MR) is 92.5 cm³/mol. The highest BCUT2D eigenvalue weighted by Crippen LogP contribution is 2.32. The number of benzene rings is 1. The molecular weight excluding hydrogens is 320 g/mol. The fourth-order valence-corrected chi connectivity index (χ4v) is 3.30.